The summed E-state index contributed by atoms with van der Waals surface area (Å²) in [5.41, 5.74) is 4.56. The molecular weight excluding hydrogens is 436 g/mol. The van der Waals surface area contributed by atoms with Gasteiger partial charge in [-0.3, -0.25) is 4.79 Å². The summed E-state index contributed by atoms with van der Waals surface area (Å²) in [6.07, 6.45) is -1.17. The molecule has 2 amide bonds. The first-order valence-corrected chi connectivity index (χ1v) is 11.6. The summed E-state index contributed by atoms with van der Waals surface area (Å²) in [5.74, 6) is -1.50. The van der Waals surface area contributed by atoms with Gasteiger partial charge in [-0.05, 0) is 34.6 Å². The number of rotatable bonds is 8. The number of carbonyl (C=O) groups is 3. The molecule has 1 saturated heterocycles. The Morgan fingerprint density at radius 1 is 1.06 bits per heavy atom. The van der Waals surface area contributed by atoms with Crippen LogP contribution >= 0.6 is 0 Å². The van der Waals surface area contributed by atoms with E-state index in [-0.39, 0.29) is 37.4 Å². The number of hydrogen-bond donors (Lipinski definition) is 3. The van der Waals surface area contributed by atoms with Crippen LogP contribution in [0.15, 0.2) is 48.5 Å². The predicted octanol–water partition coefficient (Wildman–Crippen LogP) is 3.30. The van der Waals surface area contributed by atoms with Crippen LogP contribution in [0.3, 0.4) is 0 Å². The predicted molar refractivity (Wildman–Crippen MR) is 125 cm³/mol. The highest BCUT2D eigenvalue weighted by Crippen LogP contribution is 2.44. The molecule has 0 radical (unpaired) electrons. The minimum atomic E-state index is -1.10. The zero-order valence-electron chi connectivity index (χ0n) is 19.3. The van der Waals surface area contributed by atoms with Crippen molar-refractivity contribution in [1.29, 1.82) is 0 Å². The maximum atomic E-state index is 12.6. The van der Waals surface area contributed by atoms with Crippen molar-refractivity contribution >= 4 is 18.0 Å². The fraction of sp³-hybridized carbons (Fsp3) is 0.423. The Morgan fingerprint density at radius 2 is 1.68 bits per heavy atom. The fourth-order valence-corrected chi connectivity index (χ4v) is 4.69. The van der Waals surface area contributed by atoms with Crippen LogP contribution in [0.5, 0.6) is 0 Å². The number of carboxylic acid groups (broad SMARTS) is 1. The van der Waals surface area contributed by atoms with E-state index < -0.39 is 30.3 Å². The van der Waals surface area contributed by atoms with E-state index in [0.29, 0.717) is 6.42 Å². The zero-order chi connectivity index (χ0) is 24.2. The molecule has 1 aliphatic heterocycles. The molecule has 180 valence electrons. The molecular formula is C26H30N2O6. The summed E-state index contributed by atoms with van der Waals surface area (Å²) in [6.45, 7) is 4.28. The highest BCUT2D eigenvalue weighted by Gasteiger charge is 2.36. The van der Waals surface area contributed by atoms with Gasteiger partial charge in [0.2, 0.25) is 5.91 Å². The molecule has 2 aromatic rings. The van der Waals surface area contributed by atoms with Gasteiger partial charge in [0.05, 0.1) is 6.04 Å². The van der Waals surface area contributed by atoms with Crippen LogP contribution in [-0.2, 0) is 19.1 Å². The molecule has 1 aliphatic carbocycles. The molecule has 2 unspecified atom stereocenters. The van der Waals surface area contributed by atoms with E-state index in [0.717, 1.165) is 22.3 Å². The number of aliphatic carboxylic acids is 1. The first kappa shape index (κ1) is 23.8. The summed E-state index contributed by atoms with van der Waals surface area (Å²) in [5, 5.41) is 14.7. The summed E-state index contributed by atoms with van der Waals surface area (Å²) in [4.78, 5) is 36.5. The van der Waals surface area contributed by atoms with Crippen LogP contribution in [0.25, 0.3) is 11.1 Å². The van der Waals surface area contributed by atoms with Crippen LogP contribution in [0, 0.1) is 5.92 Å². The maximum Gasteiger partial charge on any atom is 0.407 e. The number of ether oxygens (including phenoxy) is 2. The van der Waals surface area contributed by atoms with Gasteiger partial charge in [-0.1, -0.05) is 62.4 Å². The Morgan fingerprint density at radius 3 is 2.26 bits per heavy atom. The van der Waals surface area contributed by atoms with Crippen LogP contribution in [0.4, 0.5) is 4.79 Å². The number of nitrogens with one attached hydrogen (secondary N) is 2. The van der Waals surface area contributed by atoms with Crippen molar-refractivity contribution in [3.05, 3.63) is 59.7 Å². The molecule has 2 aromatic carbocycles. The molecule has 8 nitrogen and oxygen atoms in total. The maximum absolute atomic E-state index is 12.6. The second kappa shape index (κ2) is 10.3. The molecule has 0 aromatic heterocycles. The van der Waals surface area contributed by atoms with Gasteiger partial charge in [0.25, 0.3) is 0 Å². The molecule has 3 N–H and O–H groups in total. The van der Waals surface area contributed by atoms with E-state index in [4.69, 9.17) is 9.47 Å². The number of benzene rings is 2. The SMILES string of the molecule is CC(C)[C@@H](CC(=O)NC1CCOC1C(=O)O)NC(=O)OCC1c2ccccc2-c2ccccc21. The third-order valence-electron chi connectivity index (χ3n) is 6.54. The summed E-state index contributed by atoms with van der Waals surface area (Å²) < 4.78 is 10.8. The van der Waals surface area contributed by atoms with Gasteiger partial charge in [-0.15, -0.1) is 0 Å². The van der Waals surface area contributed by atoms with Crippen molar-refractivity contribution in [2.24, 2.45) is 5.92 Å². The molecule has 0 spiro atoms. The summed E-state index contributed by atoms with van der Waals surface area (Å²) in [7, 11) is 0. The minimum absolute atomic E-state index is 0.0186. The molecule has 2 aliphatic rings. The third-order valence-corrected chi connectivity index (χ3v) is 6.54. The smallest absolute Gasteiger partial charge is 0.407 e. The van der Waals surface area contributed by atoms with Crippen LogP contribution in [0.1, 0.15) is 43.7 Å². The largest absolute Gasteiger partial charge is 0.479 e. The van der Waals surface area contributed by atoms with E-state index in [1.807, 2.05) is 38.1 Å². The molecule has 3 atom stereocenters. The molecule has 1 fully saturated rings. The lowest BCUT2D eigenvalue weighted by Crippen LogP contribution is -2.47. The van der Waals surface area contributed by atoms with Gasteiger partial charge in [0.1, 0.15) is 6.61 Å². The second-order valence-corrected chi connectivity index (χ2v) is 9.12. The van der Waals surface area contributed by atoms with Gasteiger partial charge < -0.3 is 25.2 Å². The molecule has 0 bridgehead atoms. The van der Waals surface area contributed by atoms with Crippen molar-refractivity contribution in [2.75, 3.05) is 13.2 Å². The van der Waals surface area contributed by atoms with Crippen LogP contribution in [-0.4, -0.2) is 54.5 Å². The Kier molecular flexibility index (Phi) is 7.17. The first-order valence-electron chi connectivity index (χ1n) is 11.6. The quantitative estimate of drug-likeness (QED) is 0.550. The van der Waals surface area contributed by atoms with Gasteiger partial charge in [0.15, 0.2) is 6.10 Å². The Labute approximate surface area is 198 Å². The number of hydrogen-bond acceptors (Lipinski definition) is 5. The highest BCUT2D eigenvalue weighted by molar-refractivity contribution is 5.81. The average molecular weight is 467 g/mol. The highest BCUT2D eigenvalue weighted by atomic mass is 16.5. The normalized spacial score (nSPS) is 19.9. The number of carboxylic acids is 1. The van der Waals surface area contributed by atoms with Gasteiger partial charge in [0, 0.05) is 25.0 Å². The second-order valence-electron chi connectivity index (χ2n) is 9.12. The number of carbonyl (C=O) groups excluding carboxylic acids is 2. The van der Waals surface area contributed by atoms with Crippen molar-refractivity contribution in [3.63, 3.8) is 0 Å². The molecule has 0 saturated carbocycles. The number of fused-ring (bicyclic) bond motifs is 3. The van der Waals surface area contributed by atoms with Gasteiger partial charge >= 0.3 is 12.1 Å². The molecule has 1 heterocycles. The lowest BCUT2D eigenvalue weighted by atomic mass is 9.98. The summed E-state index contributed by atoms with van der Waals surface area (Å²) in [6, 6.07) is 15.2. The van der Waals surface area contributed by atoms with Crippen molar-refractivity contribution < 1.29 is 29.0 Å². The van der Waals surface area contributed by atoms with Gasteiger partial charge in [-0.25, -0.2) is 9.59 Å². The van der Waals surface area contributed by atoms with Crippen molar-refractivity contribution in [1.82, 2.24) is 10.6 Å². The summed E-state index contributed by atoms with van der Waals surface area (Å²) >= 11 is 0. The van der Waals surface area contributed by atoms with Gasteiger partial charge in [-0.2, -0.15) is 0 Å². The molecule has 4 rings (SSSR count). The third kappa shape index (κ3) is 5.07. The van der Waals surface area contributed by atoms with E-state index in [2.05, 4.69) is 34.9 Å². The van der Waals surface area contributed by atoms with E-state index in [1.165, 1.54) is 0 Å². The van der Waals surface area contributed by atoms with Crippen LogP contribution < -0.4 is 10.6 Å². The standard InChI is InChI=1S/C26H30N2O6/c1-15(2)22(13-23(29)27-21-11-12-33-24(21)25(30)31)28-26(32)34-14-20-18-9-5-3-7-16(18)17-8-4-6-10-19(17)20/h3-10,15,20-22,24H,11-14H2,1-2H3,(H,27,29)(H,28,32)(H,30,31)/t21?,22-,24?/m1/s1. The monoisotopic (exact) mass is 466 g/mol. The lowest BCUT2D eigenvalue weighted by molar-refractivity contribution is -0.148. The average Bonchev–Trinajstić information content (AvgIpc) is 3.40. The lowest BCUT2D eigenvalue weighted by Gasteiger charge is -2.24. The number of alkyl carbamates (subject to hydrolysis) is 1. The number of amides is 2. The van der Waals surface area contributed by atoms with Crippen LogP contribution in [0.2, 0.25) is 0 Å². The Balaban J connectivity index is 1.34. The Bertz CT molecular complexity index is 1020. The molecule has 8 heteroatoms. The van der Waals surface area contributed by atoms with E-state index in [1.54, 1.807) is 0 Å². The first-order chi connectivity index (χ1) is 16.3. The topological polar surface area (TPSA) is 114 Å². The van der Waals surface area contributed by atoms with Crippen molar-refractivity contribution in [2.45, 2.75) is 50.8 Å². The minimum Gasteiger partial charge on any atom is -0.479 e. The molecule has 34 heavy (non-hydrogen) atoms. The van der Waals surface area contributed by atoms with E-state index >= 15 is 0 Å². The fourth-order valence-electron chi connectivity index (χ4n) is 4.69. The van der Waals surface area contributed by atoms with E-state index in [9.17, 15) is 19.5 Å². The zero-order valence-corrected chi connectivity index (χ0v) is 19.3. The van der Waals surface area contributed by atoms with Crippen molar-refractivity contribution in [3.8, 4) is 11.1 Å². The Hall–Kier alpha value is -3.39.